The Morgan fingerprint density at radius 1 is 1.44 bits per heavy atom. The quantitative estimate of drug-likeness (QED) is 0.440. The monoisotopic (exact) mass is 256 g/mol. The number of hydrogen-bond donors (Lipinski definition) is 1. The fraction of sp³-hybridized carbons (Fsp3) is 0.500. The predicted octanol–water partition coefficient (Wildman–Crippen LogP) is 2.25. The number of ether oxygens (including phenoxy) is 1. The topological polar surface area (TPSA) is 64.4 Å². The Bertz CT molecular complexity index is 399. The van der Waals surface area contributed by atoms with E-state index < -0.39 is 16.4 Å². The second-order valence-corrected chi connectivity index (χ2v) is 3.92. The zero-order valence-electron chi connectivity index (χ0n) is 10.3. The first-order valence-corrected chi connectivity index (χ1v) is 5.77. The molecule has 1 aromatic carbocycles. The average Bonchev–Trinajstić information content (AvgIpc) is 2.33. The van der Waals surface area contributed by atoms with Crippen molar-refractivity contribution in [3.63, 3.8) is 0 Å². The normalized spacial score (nSPS) is 10.6. The summed E-state index contributed by atoms with van der Waals surface area (Å²) in [5, 5.41) is 13.6. The van der Waals surface area contributed by atoms with Gasteiger partial charge in [0.2, 0.25) is 5.82 Å². The van der Waals surface area contributed by atoms with Crippen LogP contribution in [0.3, 0.4) is 0 Å². The summed E-state index contributed by atoms with van der Waals surface area (Å²) in [5.74, 6) is -0.793. The van der Waals surface area contributed by atoms with E-state index in [0.29, 0.717) is 12.1 Å². The van der Waals surface area contributed by atoms with E-state index in [1.807, 2.05) is 0 Å². The smallest absolute Gasteiger partial charge is 0.304 e. The maximum absolute atomic E-state index is 13.3. The van der Waals surface area contributed by atoms with Crippen LogP contribution in [0.25, 0.3) is 0 Å². The molecule has 1 rings (SSSR count). The third kappa shape index (κ3) is 4.77. The van der Waals surface area contributed by atoms with Crippen LogP contribution in [-0.4, -0.2) is 25.2 Å². The summed E-state index contributed by atoms with van der Waals surface area (Å²) in [4.78, 5) is 9.71. The first-order valence-electron chi connectivity index (χ1n) is 5.77. The van der Waals surface area contributed by atoms with Crippen molar-refractivity contribution in [2.75, 3.05) is 20.3 Å². The molecular weight excluding hydrogens is 239 g/mol. The SMILES string of the molecule is COCCCCNCc1ccc([N+](=O)[O-])c(F)c1. The van der Waals surface area contributed by atoms with Gasteiger partial charge in [-0.3, -0.25) is 10.1 Å². The molecule has 0 aliphatic heterocycles. The van der Waals surface area contributed by atoms with Gasteiger partial charge < -0.3 is 10.1 Å². The number of unbranched alkanes of at least 4 members (excludes halogenated alkanes) is 1. The number of nitro benzene ring substituents is 1. The van der Waals surface area contributed by atoms with Gasteiger partial charge in [-0.2, -0.15) is 4.39 Å². The van der Waals surface area contributed by atoms with Gasteiger partial charge in [0, 0.05) is 26.3 Å². The molecule has 0 unspecified atom stereocenters. The third-order valence-corrected chi connectivity index (χ3v) is 2.49. The van der Waals surface area contributed by atoms with Gasteiger partial charge in [0.25, 0.3) is 0 Å². The van der Waals surface area contributed by atoms with E-state index in [1.54, 1.807) is 13.2 Å². The first-order chi connectivity index (χ1) is 8.65. The highest BCUT2D eigenvalue weighted by Crippen LogP contribution is 2.17. The Morgan fingerprint density at radius 2 is 2.22 bits per heavy atom. The molecule has 100 valence electrons. The van der Waals surface area contributed by atoms with E-state index in [1.165, 1.54) is 12.1 Å². The van der Waals surface area contributed by atoms with Crippen molar-refractivity contribution in [1.29, 1.82) is 0 Å². The molecule has 0 bridgehead atoms. The highest BCUT2D eigenvalue weighted by atomic mass is 19.1. The number of nitro groups is 1. The number of halogens is 1. The summed E-state index contributed by atoms with van der Waals surface area (Å²) in [6, 6.07) is 3.95. The van der Waals surface area contributed by atoms with Crippen LogP contribution in [-0.2, 0) is 11.3 Å². The van der Waals surface area contributed by atoms with Crippen molar-refractivity contribution in [2.24, 2.45) is 0 Å². The van der Waals surface area contributed by atoms with Crippen molar-refractivity contribution < 1.29 is 14.1 Å². The van der Waals surface area contributed by atoms with Gasteiger partial charge in [-0.1, -0.05) is 6.07 Å². The molecule has 0 aliphatic rings. The van der Waals surface area contributed by atoms with Crippen LogP contribution in [0.5, 0.6) is 0 Å². The zero-order valence-corrected chi connectivity index (χ0v) is 10.3. The van der Waals surface area contributed by atoms with Crippen molar-refractivity contribution in [3.8, 4) is 0 Å². The molecule has 0 saturated heterocycles. The summed E-state index contributed by atoms with van der Waals surface area (Å²) in [7, 11) is 1.66. The van der Waals surface area contributed by atoms with Crippen molar-refractivity contribution in [2.45, 2.75) is 19.4 Å². The number of nitrogens with zero attached hydrogens (tertiary/aromatic N) is 1. The molecule has 0 spiro atoms. The highest BCUT2D eigenvalue weighted by molar-refractivity contribution is 5.34. The van der Waals surface area contributed by atoms with Crippen LogP contribution in [0.2, 0.25) is 0 Å². The Balaban J connectivity index is 2.35. The van der Waals surface area contributed by atoms with Crippen LogP contribution in [0.15, 0.2) is 18.2 Å². The van der Waals surface area contributed by atoms with Crippen LogP contribution in [0.1, 0.15) is 18.4 Å². The lowest BCUT2D eigenvalue weighted by atomic mass is 10.2. The minimum atomic E-state index is -0.793. The van der Waals surface area contributed by atoms with Gasteiger partial charge >= 0.3 is 5.69 Å². The summed E-state index contributed by atoms with van der Waals surface area (Å²) >= 11 is 0. The molecule has 0 saturated carbocycles. The number of hydrogen-bond acceptors (Lipinski definition) is 4. The summed E-state index contributed by atoms with van der Waals surface area (Å²) in [6.07, 6.45) is 1.95. The van der Waals surface area contributed by atoms with Gasteiger partial charge in [0.1, 0.15) is 0 Å². The Labute approximate surface area is 105 Å². The standard InChI is InChI=1S/C12H17FN2O3/c1-18-7-3-2-6-14-9-10-4-5-12(15(16)17)11(13)8-10/h4-5,8,14H,2-3,6-7,9H2,1H3. The third-order valence-electron chi connectivity index (χ3n) is 2.49. The molecule has 0 radical (unpaired) electrons. The van der Waals surface area contributed by atoms with Crippen LogP contribution in [0, 0.1) is 15.9 Å². The lowest BCUT2D eigenvalue weighted by Gasteiger charge is -2.05. The molecule has 5 nitrogen and oxygen atoms in total. The minimum absolute atomic E-state index is 0.487. The largest absolute Gasteiger partial charge is 0.385 e. The number of benzene rings is 1. The van der Waals surface area contributed by atoms with Crippen molar-refractivity contribution in [3.05, 3.63) is 39.7 Å². The fourth-order valence-corrected chi connectivity index (χ4v) is 1.54. The Kier molecular flexibility index (Phi) is 6.24. The van der Waals surface area contributed by atoms with E-state index in [9.17, 15) is 14.5 Å². The van der Waals surface area contributed by atoms with Crippen molar-refractivity contribution >= 4 is 5.69 Å². The van der Waals surface area contributed by atoms with E-state index in [4.69, 9.17) is 4.74 Å². The molecule has 18 heavy (non-hydrogen) atoms. The van der Waals surface area contributed by atoms with Gasteiger partial charge in [-0.25, -0.2) is 0 Å². The Hall–Kier alpha value is -1.53. The van der Waals surface area contributed by atoms with E-state index in [-0.39, 0.29) is 0 Å². The number of nitrogens with one attached hydrogen (secondary N) is 1. The lowest BCUT2D eigenvalue weighted by Crippen LogP contribution is -2.15. The van der Waals surface area contributed by atoms with Gasteiger partial charge in [-0.05, 0) is 31.0 Å². The minimum Gasteiger partial charge on any atom is -0.385 e. The summed E-state index contributed by atoms with van der Waals surface area (Å²) in [5.41, 5.74) is 0.212. The van der Waals surface area contributed by atoms with Gasteiger partial charge in [0.05, 0.1) is 4.92 Å². The maximum atomic E-state index is 13.3. The number of rotatable bonds is 8. The second kappa shape index (κ2) is 7.73. The van der Waals surface area contributed by atoms with E-state index >= 15 is 0 Å². The second-order valence-electron chi connectivity index (χ2n) is 3.92. The molecule has 1 N–H and O–H groups in total. The highest BCUT2D eigenvalue weighted by Gasteiger charge is 2.13. The molecule has 0 fully saturated rings. The number of methoxy groups -OCH3 is 1. The molecule has 0 heterocycles. The van der Waals surface area contributed by atoms with Gasteiger partial charge in [-0.15, -0.1) is 0 Å². The Morgan fingerprint density at radius 3 is 2.83 bits per heavy atom. The van der Waals surface area contributed by atoms with Crippen molar-refractivity contribution in [1.82, 2.24) is 5.32 Å². The van der Waals surface area contributed by atoms with Crippen LogP contribution >= 0.6 is 0 Å². The molecule has 0 aromatic heterocycles. The maximum Gasteiger partial charge on any atom is 0.304 e. The lowest BCUT2D eigenvalue weighted by molar-refractivity contribution is -0.387. The average molecular weight is 256 g/mol. The molecule has 0 atom stereocenters. The summed E-state index contributed by atoms with van der Waals surface area (Å²) in [6.45, 7) is 2.04. The van der Waals surface area contributed by atoms with Gasteiger partial charge in [0.15, 0.2) is 0 Å². The fourth-order valence-electron chi connectivity index (χ4n) is 1.54. The zero-order chi connectivity index (χ0) is 13.4. The molecule has 0 aliphatic carbocycles. The molecular formula is C12H17FN2O3. The van der Waals surface area contributed by atoms with E-state index in [0.717, 1.165) is 26.0 Å². The molecule has 1 aromatic rings. The summed E-state index contributed by atoms with van der Waals surface area (Å²) < 4.78 is 18.2. The van der Waals surface area contributed by atoms with Crippen LogP contribution < -0.4 is 5.32 Å². The van der Waals surface area contributed by atoms with Crippen LogP contribution in [0.4, 0.5) is 10.1 Å². The predicted molar refractivity (Wildman–Crippen MR) is 65.9 cm³/mol. The first kappa shape index (κ1) is 14.5. The molecule has 0 amide bonds. The molecule has 6 heteroatoms. The van der Waals surface area contributed by atoms with E-state index in [2.05, 4.69) is 5.32 Å².